The Morgan fingerprint density at radius 1 is 1.50 bits per heavy atom. The molecule has 0 bridgehead atoms. The van der Waals surface area contributed by atoms with Crippen molar-refractivity contribution >= 4 is 0 Å². The highest BCUT2D eigenvalue weighted by Gasteiger charge is 2.03. The molecule has 0 amide bonds. The van der Waals surface area contributed by atoms with E-state index < -0.39 is 0 Å². The van der Waals surface area contributed by atoms with Crippen LogP contribution in [-0.4, -0.2) is 31.7 Å². The van der Waals surface area contributed by atoms with Gasteiger partial charge >= 0.3 is 0 Å². The lowest BCUT2D eigenvalue weighted by molar-refractivity contribution is -0.0783. The Bertz CT molecular complexity index is 65.9. The van der Waals surface area contributed by atoms with E-state index in [1.165, 1.54) is 0 Å². The van der Waals surface area contributed by atoms with Crippen molar-refractivity contribution in [2.45, 2.75) is 25.9 Å². The molecule has 0 aliphatic carbocycles. The molecule has 0 heterocycles. The normalized spacial score (nSPS) is 13.5. The SMILES string of the molecule is CC[C@H](CCO)OCOC. The molecule has 0 aromatic carbocycles. The van der Waals surface area contributed by atoms with E-state index in [1.54, 1.807) is 7.11 Å². The van der Waals surface area contributed by atoms with Gasteiger partial charge in [0.15, 0.2) is 0 Å². The second-order valence-electron chi connectivity index (χ2n) is 2.12. The zero-order chi connectivity index (χ0) is 7.82. The van der Waals surface area contributed by atoms with Crippen molar-refractivity contribution in [2.24, 2.45) is 0 Å². The maximum Gasteiger partial charge on any atom is 0.146 e. The topological polar surface area (TPSA) is 38.7 Å². The smallest absolute Gasteiger partial charge is 0.146 e. The summed E-state index contributed by atoms with van der Waals surface area (Å²) in [6.07, 6.45) is 1.76. The number of aliphatic hydroxyl groups is 1. The number of hydrogen-bond acceptors (Lipinski definition) is 3. The van der Waals surface area contributed by atoms with Gasteiger partial charge in [0.25, 0.3) is 0 Å². The van der Waals surface area contributed by atoms with Crippen molar-refractivity contribution in [3.8, 4) is 0 Å². The quantitative estimate of drug-likeness (QED) is 0.565. The first-order valence-electron chi connectivity index (χ1n) is 3.56. The van der Waals surface area contributed by atoms with Crippen LogP contribution in [0.25, 0.3) is 0 Å². The Hall–Kier alpha value is -0.120. The van der Waals surface area contributed by atoms with Gasteiger partial charge in [-0.05, 0) is 12.8 Å². The third-order valence-corrected chi connectivity index (χ3v) is 1.33. The van der Waals surface area contributed by atoms with E-state index >= 15 is 0 Å². The molecule has 0 spiro atoms. The summed E-state index contributed by atoms with van der Waals surface area (Å²) in [5, 5.41) is 8.55. The number of rotatable bonds is 6. The summed E-state index contributed by atoms with van der Waals surface area (Å²) in [7, 11) is 1.59. The predicted octanol–water partition coefficient (Wildman–Crippen LogP) is 0.768. The highest BCUT2D eigenvalue weighted by Crippen LogP contribution is 2.01. The van der Waals surface area contributed by atoms with Crippen molar-refractivity contribution in [1.82, 2.24) is 0 Å². The monoisotopic (exact) mass is 148 g/mol. The maximum absolute atomic E-state index is 8.55. The van der Waals surface area contributed by atoms with Crippen LogP contribution in [0.4, 0.5) is 0 Å². The second-order valence-corrected chi connectivity index (χ2v) is 2.12. The zero-order valence-electron chi connectivity index (χ0n) is 6.67. The fourth-order valence-corrected chi connectivity index (χ4v) is 0.714. The first-order valence-corrected chi connectivity index (χ1v) is 3.56. The summed E-state index contributed by atoms with van der Waals surface area (Å²) < 4.78 is 9.92. The summed E-state index contributed by atoms with van der Waals surface area (Å²) in [6, 6.07) is 0. The van der Waals surface area contributed by atoms with Crippen molar-refractivity contribution in [1.29, 1.82) is 0 Å². The van der Waals surface area contributed by atoms with Crippen LogP contribution in [-0.2, 0) is 9.47 Å². The van der Waals surface area contributed by atoms with E-state index in [9.17, 15) is 0 Å². The van der Waals surface area contributed by atoms with Crippen molar-refractivity contribution in [3.05, 3.63) is 0 Å². The molecule has 0 saturated carbocycles. The number of methoxy groups -OCH3 is 1. The van der Waals surface area contributed by atoms with Crippen LogP contribution in [0.15, 0.2) is 0 Å². The minimum Gasteiger partial charge on any atom is -0.396 e. The third kappa shape index (κ3) is 4.73. The first-order chi connectivity index (χ1) is 4.85. The van der Waals surface area contributed by atoms with Crippen molar-refractivity contribution < 1.29 is 14.6 Å². The van der Waals surface area contributed by atoms with Gasteiger partial charge in [-0.25, -0.2) is 0 Å². The highest BCUT2D eigenvalue weighted by molar-refractivity contribution is 4.51. The van der Waals surface area contributed by atoms with E-state index in [4.69, 9.17) is 14.6 Å². The van der Waals surface area contributed by atoms with Crippen molar-refractivity contribution in [3.63, 3.8) is 0 Å². The van der Waals surface area contributed by atoms with Gasteiger partial charge in [-0.2, -0.15) is 0 Å². The molecule has 0 fully saturated rings. The highest BCUT2D eigenvalue weighted by atomic mass is 16.7. The van der Waals surface area contributed by atoms with Gasteiger partial charge in [0.1, 0.15) is 6.79 Å². The van der Waals surface area contributed by atoms with Crippen LogP contribution in [0.5, 0.6) is 0 Å². The van der Waals surface area contributed by atoms with E-state index in [2.05, 4.69) is 0 Å². The van der Waals surface area contributed by atoms with Gasteiger partial charge in [-0.1, -0.05) is 6.92 Å². The van der Waals surface area contributed by atoms with Crippen LogP contribution in [0, 0.1) is 0 Å². The van der Waals surface area contributed by atoms with Crippen LogP contribution in [0.3, 0.4) is 0 Å². The van der Waals surface area contributed by atoms with Gasteiger partial charge < -0.3 is 14.6 Å². The van der Waals surface area contributed by atoms with Gasteiger partial charge in [0.2, 0.25) is 0 Å². The van der Waals surface area contributed by atoms with Crippen LogP contribution < -0.4 is 0 Å². The molecule has 62 valence electrons. The molecule has 0 saturated heterocycles. The lowest BCUT2D eigenvalue weighted by Crippen LogP contribution is -2.14. The van der Waals surface area contributed by atoms with Gasteiger partial charge in [0.05, 0.1) is 6.10 Å². The molecule has 10 heavy (non-hydrogen) atoms. The largest absolute Gasteiger partial charge is 0.396 e. The molecule has 0 aliphatic rings. The number of ether oxygens (including phenoxy) is 2. The van der Waals surface area contributed by atoms with Crippen LogP contribution in [0.2, 0.25) is 0 Å². The molecular formula is C7H16O3. The molecule has 0 aliphatic heterocycles. The van der Waals surface area contributed by atoms with Gasteiger partial charge in [0, 0.05) is 13.7 Å². The Balaban J connectivity index is 3.21. The fourth-order valence-electron chi connectivity index (χ4n) is 0.714. The first kappa shape index (κ1) is 9.88. The Morgan fingerprint density at radius 3 is 2.60 bits per heavy atom. The van der Waals surface area contributed by atoms with Gasteiger partial charge in [-0.15, -0.1) is 0 Å². The molecule has 0 aromatic rings. The molecule has 3 heteroatoms. The average molecular weight is 148 g/mol. The van der Waals surface area contributed by atoms with E-state index in [0.717, 1.165) is 6.42 Å². The zero-order valence-corrected chi connectivity index (χ0v) is 6.67. The third-order valence-electron chi connectivity index (χ3n) is 1.33. The summed E-state index contributed by atoms with van der Waals surface area (Å²) in [6.45, 7) is 2.52. The maximum atomic E-state index is 8.55. The molecule has 0 rings (SSSR count). The second kappa shape index (κ2) is 6.99. The summed E-state index contributed by atoms with van der Waals surface area (Å²) in [5.74, 6) is 0. The standard InChI is InChI=1S/C7H16O3/c1-3-7(4-5-8)10-6-9-2/h7-8H,3-6H2,1-2H3/t7-/m1/s1. The van der Waals surface area contributed by atoms with E-state index in [1.807, 2.05) is 6.92 Å². The predicted molar refractivity (Wildman–Crippen MR) is 38.7 cm³/mol. The average Bonchev–Trinajstić information content (AvgIpc) is 1.98. The van der Waals surface area contributed by atoms with Crippen molar-refractivity contribution in [2.75, 3.05) is 20.5 Å². The Kier molecular flexibility index (Phi) is 6.91. The van der Waals surface area contributed by atoms with Crippen LogP contribution in [0.1, 0.15) is 19.8 Å². The van der Waals surface area contributed by atoms with E-state index in [0.29, 0.717) is 13.2 Å². The summed E-state index contributed by atoms with van der Waals surface area (Å²) in [4.78, 5) is 0. The Morgan fingerprint density at radius 2 is 2.20 bits per heavy atom. The van der Waals surface area contributed by atoms with Gasteiger partial charge in [-0.3, -0.25) is 0 Å². The molecular weight excluding hydrogens is 132 g/mol. The van der Waals surface area contributed by atoms with Crippen LogP contribution >= 0.6 is 0 Å². The minimum atomic E-state index is 0.143. The molecule has 0 aromatic heterocycles. The summed E-state index contributed by atoms with van der Waals surface area (Å²) >= 11 is 0. The number of hydrogen-bond donors (Lipinski definition) is 1. The molecule has 0 unspecified atom stereocenters. The molecule has 1 N–H and O–H groups in total. The van der Waals surface area contributed by atoms with E-state index in [-0.39, 0.29) is 12.7 Å². The fraction of sp³-hybridized carbons (Fsp3) is 1.00. The number of aliphatic hydroxyl groups excluding tert-OH is 1. The lowest BCUT2D eigenvalue weighted by atomic mass is 10.2. The minimum absolute atomic E-state index is 0.143. The summed E-state index contributed by atoms with van der Waals surface area (Å²) in [5.41, 5.74) is 0. The Labute approximate surface area is 62.0 Å². The molecule has 3 nitrogen and oxygen atoms in total. The molecule has 1 atom stereocenters. The lowest BCUT2D eigenvalue weighted by Gasteiger charge is -2.13. The molecule has 0 radical (unpaired) electrons.